The van der Waals surface area contributed by atoms with E-state index < -0.39 is 17.6 Å². The average Bonchev–Trinajstić information content (AvgIpc) is 3.34. The summed E-state index contributed by atoms with van der Waals surface area (Å²) >= 11 is 0. The fraction of sp³-hybridized carbons (Fsp3) is 0.0741. The van der Waals surface area contributed by atoms with Gasteiger partial charge in [0.1, 0.15) is 0 Å². The van der Waals surface area contributed by atoms with Gasteiger partial charge in [0.25, 0.3) is 5.91 Å². The van der Waals surface area contributed by atoms with Crippen LogP contribution in [-0.4, -0.2) is 40.6 Å². The third-order valence-corrected chi connectivity index (χ3v) is 5.53. The van der Waals surface area contributed by atoms with Gasteiger partial charge in [0, 0.05) is 54.9 Å². The minimum absolute atomic E-state index is 0.0145. The average molecular weight is 542 g/mol. The second-order valence-electron chi connectivity index (χ2n) is 8.57. The molecule has 0 atom stereocenters. The normalized spacial score (nSPS) is 11.3. The molecular weight excluding hydrogens is 520 g/mol. The molecule has 0 saturated heterocycles. The monoisotopic (exact) mass is 541 g/mol. The number of nitrogens with one attached hydrogen (secondary N) is 1. The Morgan fingerprint density at radius 3 is 2.65 bits per heavy atom. The maximum atomic E-state index is 15.2. The van der Waals surface area contributed by atoms with Crippen molar-refractivity contribution in [2.45, 2.75) is 6.92 Å². The number of anilines is 2. The zero-order chi connectivity index (χ0) is 28.2. The fourth-order valence-electron chi connectivity index (χ4n) is 3.70. The predicted octanol–water partition coefficient (Wildman–Crippen LogP) is 4.51. The largest absolute Gasteiger partial charge is 0.421 e. The maximum Gasteiger partial charge on any atom is 0.322 e. The highest BCUT2D eigenvalue weighted by Crippen LogP contribution is 2.34. The number of aryl methyl sites for hydroxylation is 2. The summed E-state index contributed by atoms with van der Waals surface area (Å²) < 4.78 is 36.2. The second-order valence-corrected chi connectivity index (χ2v) is 8.57. The molecule has 5 aromatic rings. The Bertz CT molecular complexity index is 1750. The van der Waals surface area contributed by atoms with E-state index >= 15 is 4.39 Å². The molecule has 0 aliphatic carbocycles. The minimum Gasteiger partial charge on any atom is -0.421 e. The first-order valence-electron chi connectivity index (χ1n) is 11.8. The molecule has 3 N–H and O–H groups in total. The van der Waals surface area contributed by atoms with Crippen LogP contribution in [0.5, 0.6) is 11.8 Å². The van der Waals surface area contributed by atoms with E-state index in [1.54, 1.807) is 49.2 Å². The van der Waals surface area contributed by atoms with Crippen LogP contribution in [0, 0.1) is 12.7 Å². The Balaban J connectivity index is 1.56. The van der Waals surface area contributed by atoms with Crippen LogP contribution in [0.15, 0.2) is 73.3 Å². The van der Waals surface area contributed by atoms with Crippen LogP contribution in [0.25, 0.3) is 28.5 Å². The molecule has 1 amide bonds. The molecule has 200 valence electrons. The quantitative estimate of drug-likeness (QED) is 0.271. The van der Waals surface area contributed by atoms with Gasteiger partial charge >= 0.3 is 6.01 Å². The molecule has 5 rings (SSSR count). The summed E-state index contributed by atoms with van der Waals surface area (Å²) in [4.78, 5) is 32.5. The SMILES string of the molecule is Cc1ccnc(Oc2ccc(-c3cnc(Nc4cnn(C)c4)nc3-c3cncc(C=C(F)C(N)=O)c3)cc2F)n1. The predicted molar refractivity (Wildman–Crippen MR) is 142 cm³/mol. The lowest BCUT2D eigenvalue weighted by atomic mass is 10.0. The van der Waals surface area contributed by atoms with Crippen LogP contribution >= 0.6 is 0 Å². The molecule has 4 aromatic heterocycles. The molecule has 0 bridgehead atoms. The summed E-state index contributed by atoms with van der Waals surface area (Å²) in [5.41, 5.74) is 8.30. The van der Waals surface area contributed by atoms with Gasteiger partial charge in [0.2, 0.25) is 5.95 Å². The van der Waals surface area contributed by atoms with Gasteiger partial charge < -0.3 is 15.8 Å². The number of carbonyl (C=O) groups excluding carboxylic acids is 1. The maximum absolute atomic E-state index is 15.2. The van der Waals surface area contributed by atoms with E-state index in [1.807, 2.05) is 0 Å². The lowest BCUT2D eigenvalue weighted by Gasteiger charge is -2.13. The highest BCUT2D eigenvalue weighted by molar-refractivity contribution is 5.94. The van der Waals surface area contributed by atoms with Crippen molar-refractivity contribution in [1.29, 1.82) is 0 Å². The van der Waals surface area contributed by atoms with Gasteiger partial charge in [0.05, 0.1) is 17.6 Å². The van der Waals surface area contributed by atoms with Gasteiger partial charge in [-0.3, -0.25) is 14.5 Å². The minimum atomic E-state index is -1.20. The molecule has 0 aliphatic rings. The van der Waals surface area contributed by atoms with Crippen molar-refractivity contribution < 1.29 is 18.3 Å². The smallest absolute Gasteiger partial charge is 0.322 e. The van der Waals surface area contributed by atoms with Crippen LogP contribution in [0.2, 0.25) is 0 Å². The van der Waals surface area contributed by atoms with Crippen LogP contribution in [0.1, 0.15) is 11.3 Å². The number of nitrogens with two attached hydrogens (primary N) is 1. The molecule has 40 heavy (non-hydrogen) atoms. The lowest BCUT2D eigenvalue weighted by molar-refractivity contribution is -0.115. The van der Waals surface area contributed by atoms with E-state index in [0.717, 1.165) is 6.08 Å². The number of benzene rings is 1. The molecule has 0 spiro atoms. The summed E-state index contributed by atoms with van der Waals surface area (Å²) in [6.07, 6.45) is 10.2. The second kappa shape index (κ2) is 11.0. The van der Waals surface area contributed by atoms with Crippen molar-refractivity contribution in [2.24, 2.45) is 12.8 Å². The number of carbonyl (C=O) groups is 1. The van der Waals surface area contributed by atoms with Crippen molar-refractivity contribution in [3.05, 3.63) is 90.4 Å². The molecule has 0 fully saturated rings. The van der Waals surface area contributed by atoms with Gasteiger partial charge in [-0.05, 0) is 48.4 Å². The number of nitrogens with zero attached hydrogens (tertiary/aromatic N) is 7. The Kier molecular flexibility index (Phi) is 7.18. The number of halogens is 2. The number of rotatable bonds is 8. The Labute approximate surface area is 226 Å². The number of hydrogen-bond donors (Lipinski definition) is 2. The van der Waals surface area contributed by atoms with Gasteiger partial charge in [-0.2, -0.15) is 5.10 Å². The Hall–Kier alpha value is -5.59. The molecule has 13 heteroatoms. The zero-order valence-electron chi connectivity index (χ0n) is 21.2. The first kappa shape index (κ1) is 26.0. The van der Waals surface area contributed by atoms with E-state index in [-0.39, 0.29) is 23.3 Å². The molecule has 4 heterocycles. The van der Waals surface area contributed by atoms with Crippen LogP contribution < -0.4 is 15.8 Å². The van der Waals surface area contributed by atoms with Crippen molar-refractivity contribution in [2.75, 3.05) is 5.32 Å². The number of aromatic nitrogens is 7. The summed E-state index contributed by atoms with van der Waals surface area (Å²) in [5, 5.41) is 7.17. The van der Waals surface area contributed by atoms with Crippen molar-refractivity contribution in [3.63, 3.8) is 0 Å². The highest BCUT2D eigenvalue weighted by Gasteiger charge is 2.16. The van der Waals surface area contributed by atoms with Crippen molar-refractivity contribution in [3.8, 4) is 34.1 Å². The number of primary amides is 1. The van der Waals surface area contributed by atoms with E-state index in [4.69, 9.17) is 10.5 Å². The molecule has 1 aromatic carbocycles. The molecule has 0 saturated carbocycles. The number of pyridine rings is 1. The van der Waals surface area contributed by atoms with Gasteiger partial charge in [-0.25, -0.2) is 28.7 Å². The Morgan fingerprint density at radius 2 is 1.93 bits per heavy atom. The van der Waals surface area contributed by atoms with Crippen molar-refractivity contribution >= 4 is 23.6 Å². The standard InChI is InChI=1S/C27H21F2N9O2/c1-15-5-6-32-27(35-15)40-23-4-3-17(9-21(23)28)20-13-33-26(36-19-12-34-38(2)14-19)37-24(20)18-7-16(10-31-11-18)8-22(29)25(30)39/h3-14H,1-2H3,(H2,30,39)(H,33,36,37). The molecule has 0 aliphatic heterocycles. The van der Waals surface area contributed by atoms with Gasteiger partial charge in [-0.15, -0.1) is 0 Å². The first-order valence-corrected chi connectivity index (χ1v) is 11.8. The molecule has 0 unspecified atom stereocenters. The van der Waals surface area contributed by atoms with Gasteiger partial charge in [-0.1, -0.05) is 6.07 Å². The van der Waals surface area contributed by atoms with Crippen LogP contribution in [0.4, 0.5) is 20.4 Å². The first-order chi connectivity index (χ1) is 19.2. The fourth-order valence-corrected chi connectivity index (χ4v) is 3.70. The van der Waals surface area contributed by atoms with Crippen molar-refractivity contribution in [1.82, 2.24) is 34.7 Å². The summed E-state index contributed by atoms with van der Waals surface area (Å²) in [7, 11) is 1.77. The number of ether oxygens (including phenoxy) is 1. The van der Waals surface area contributed by atoms with Crippen LogP contribution in [-0.2, 0) is 11.8 Å². The van der Waals surface area contributed by atoms with E-state index in [9.17, 15) is 9.18 Å². The van der Waals surface area contributed by atoms with E-state index in [0.29, 0.717) is 33.8 Å². The highest BCUT2D eigenvalue weighted by atomic mass is 19.1. The Morgan fingerprint density at radius 1 is 1.07 bits per heavy atom. The van der Waals surface area contributed by atoms with E-state index in [1.165, 1.54) is 36.9 Å². The summed E-state index contributed by atoms with van der Waals surface area (Å²) in [6.45, 7) is 1.77. The summed E-state index contributed by atoms with van der Waals surface area (Å²) in [5.74, 6) is -2.83. The number of hydrogen-bond acceptors (Lipinski definition) is 9. The van der Waals surface area contributed by atoms with Crippen LogP contribution in [0.3, 0.4) is 0 Å². The molecule has 0 radical (unpaired) electrons. The molecule has 11 nitrogen and oxygen atoms in total. The topological polar surface area (TPSA) is 147 Å². The third-order valence-electron chi connectivity index (χ3n) is 5.53. The third kappa shape index (κ3) is 5.93. The van der Waals surface area contributed by atoms with Gasteiger partial charge in [0.15, 0.2) is 17.4 Å². The summed E-state index contributed by atoms with van der Waals surface area (Å²) in [6, 6.07) is 7.63. The molecular formula is C27H21F2N9O2. The number of amides is 1. The zero-order valence-corrected chi connectivity index (χ0v) is 21.2. The lowest BCUT2D eigenvalue weighted by Crippen LogP contribution is -2.10. The van der Waals surface area contributed by atoms with E-state index in [2.05, 4.69) is 35.3 Å².